The van der Waals surface area contributed by atoms with Crippen molar-refractivity contribution in [1.82, 2.24) is 4.98 Å². The number of anilines is 2. The Balaban J connectivity index is 2.14. The first-order valence-corrected chi connectivity index (χ1v) is 5.12. The van der Waals surface area contributed by atoms with Gasteiger partial charge in [-0.1, -0.05) is 0 Å². The number of aromatic nitrogens is 1. The Kier molecular flexibility index (Phi) is 2.81. The highest BCUT2D eigenvalue weighted by molar-refractivity contribution is 5.51. The van der Waals surface area contributed by atoms with Gasteiger partial charge in [0.05, 0.1) is 24.7 Å². The molecule has 0 saturated carbocycles. The topological polar surface area (TPSA) is 55.3 Å². The van der Waals surface area contributed by atoms with Crippen molar-refractivity contribution >= 4 is 11.5 Å². The third-order valence-corrected chi connectivity index (χ3v) is 2.50. The van der Waals surface area contributed by atoms with Gasteiger partial charge in [-0.15, -0.1) is 0 Å². The largest absolute Gasteiger partial charge is 0.467 e. The predicted octanol–water partition coefficient (Wildman–Crippen LogP) is 2.20. The van der Waals surface area contributed by atoms with Crippen LogP contribution in [0, 0.1) is 6.92 Å². The minimum atomic E-state index is 0.698. The first kappa shape index (κ1) is 10.5. The molecule has 0 aromatic carbocycles. The minimum absolute atomic E-state index is 0.698. The molecule has 0 aliphatic carbocycles. The third-order valence-electron chi connectivity index (χ3n) is 2.50. The second-order valence-corrected chi connectivity index (χ2v) is 3.83. The lowest BCUT2D eigenvalue weighted by Crippen LogP contribution is -2.17. The molecule has 0 spiro atoms. The SMILES string of the molecule is Cc1cc(N(C)Cc2ccco2)ncc1N. The molecule has 4 nitrogen and oxygen atoms in total. The van der Waals surface area contributed by atoms with E-state index in [1.807, 2.05) is 37.1 Å². The van der Waals surface area contributed by atoms with Crippen molar-refractivity contribution in [2.45, 2.75) is 13.5 Å². The Labute approximate surface area is 94.7 Å². The number of furan rings is 1. The van der Waals surface area contributed by atoms with E-state index in [-0.39, 0.29) is 0 Å². The summed E-state index contributed by atoms with van der Waals surface area (Å²) in [6.45, 7) is 2.67. The molecule has 2 aromatic heterocycles. The molecule has 0 unspecified atom stereocenters. The second-order valence-electron chi connectivity index (χ2n) is 3.83. The van der Waals surface area contributed by atoms with Gasteiger partial charge in [0.2, 0.25) is 0 Å². The number of hydrogen-bond donors (Lipinski definition) is 1. The highest BCUT2D eigenvalue weighted by Crippen LogP contribution is 2.17. The molecule has 0 bridgehead atoms. The summed E-state index contributed by atoms with van der Waals surface area (Å²) in [4.78, 5) is 6.30. The maximum absolute atomic E-state index is 5.73. The fourth-order valence-electron chi connectivity index (χ4n) is 1.48. The van der Waals surface area contributed by atoms with E-state index in [1.165, 1.54) is 0 Å². The quantitative estimate of drug-likeness (QED) is 0.856. The maximum Gasteiger partial charge on any atom is 0.129 e. The smallest absolute Gasteiger partial charge is 0.129 e. The summed E-state index contributed by atoms with van der Waals surface area (Å²) in [6.07, 6.45) is 3.36. The Bertz CT molecular complexity index is 465. The maximum atomic E-state index is 5.73. The highest BCUT2D eigenvalue weighted by atomic mass is 16.3. The molecule has 84 valence electrons. The second kappa shape index (κ2) is 4.26. The van der Waals surface area contributed by atoms with Gasteiger partial charge in [-0.05, 0) is 30.7 Å². The molecule has 0 aliphatic rings. The average molecular weight is 217 g/mol. The first-order chi connectivity index (χ1) is 7.66. The lowest BCUT2D eigenvalue weighted by atomic mass is 10.2. The fraction of sp³-hybridized carbons (Fsp3) is 0.250. The standard InChI is InChI=1S/C12H15N3O/c1-9-6-12(14-7-11(9)13)15(2)8-10-4-3-5-16-10/h3-7H,8,13H2,1-2H3. The molecule has 0 radical (unpaired) electrons. The molecule has 2 aromatic rings. The number of nitrogens with two attached hydrogens (primary N) is 1. The molecular formula is C12H15N3O. The molecule has 16 heavy (non-hydrogen) atoms. The molecule has 2 N–H and O–H groups in total. The molecule has 0 aliphatic heterocycles. The van der Waals surface area contributed by atoms with Crippen molar-refractivity contribution in [3.8, 4) is 0 Å². The molecule has 0 fully saturated rings. The van der Waals surface area contributed by atoms with Crippen LogP contribution < -0.4 is 10.6 Å². The normalized spacial score (nSPS) is 10.4. The van der Waals surface area contributed by atoms with Gasteiger partial charge in [-0.3, -0.25) is 0 Å². The summed E-state index contributed by atoms with van der Waals surface area (Å²) < 4.78 is 5.29. The zero-order valence-electron chi connectivity index (χ0n) is 9.47. The van der Waals surface area contributed by atoms with E-state index in [0.717, 1.165) is 22.8 Å². The van der Waals surface area contributed by atoms with Crippen molar-refractivity contribution in [2.75, 3.05) is 17.7 Å². The monoisotopic (exact) mass is 217 g/mol. The number of aryl methyl sites for hydroxylation is 1. The van der Waals surface area contributed by atoms with Gasteiger partial charge in [-0.2, -0.15) is 0 Å². The van der Waals surface area contributed by atoms with E-state index in [9.17, 15) is 0 Å². The number of rotatable bonds is 3. The molecule has 0 amide bonds. The lowest BCUT2D eigenvalue weighted by Gasteiger charge is -2.17. The Morgan fingerprint density at radius 3 is 2.94 bits per heavy atom. The van der Waals surface area contributed by atoms with Gasteiger partial charge in [0.25, 0.3) is 0 Å². The Morgan fingerprint density at radius 2 is 2.31 bits per heavy atom. The molecule has 2 heterocycles. The number of nitrogens with zero attached hydrogens (tertiary/aromatic N) is 2. The van der Waals surface area contributed by atoms with Gasteiger partial charge in [0, 0.05) is 7.05 Å². The van der Waals surface area contributed by atoms with Gasteiger partial charge < -0.3 is 15.1 Å². The number of pyridine rings is 1. The van der Waals surface area contributed by atoms with Crippen molar-refractivity contribution in [2.24, 2.45) is 0 Å². The fourth-order valence-corrected chi connectivity index (χ4v) is 1.48. The average Bonchev–Trinajstić information content (AvgIpc) is 2.74. The van der Waals surface area contributed by atoms with E-state index < -0.39 is 0 Å². The van der Waals surface area contributed by atoms with Crippen LogP contribution in [-0.4, -0.2) is 12.0 Å². The van der Waals surface area contributed by atoms with Crippen LogP contribution in [0.3, 0.4) is 0 Å². The lowest BCUT2D eigenvalue weighted by molar-refractivity contribution is 0.507. The first-order valence-electron chi connectivity index (χ1n) is 5.12. The van der Waals surface area contributed by atoms with Crippen molar-refractivity contribution in [1.29, 1.82) is 0 Å². The summed E-state index contributed by atoms with van der Waals surface area (Å²) in [5.41, 5.74) is 7.48. The van der Waals surface area contributed by atoms with Crippen LogP contribution in [0.2, 0.25) is 0 Å². The van der Waals surface area contributed by atoms with Crippen LogP contribution in [0.15, 0.2) is 35.1 Å². The summed E-state index contributed by atoms with van der Waals surface area (Å²) >= 11 is 0. The zero-order valence-corrected chi connectivity index (χ0v) is 9.47. The van der Waals surface area contributed by atoms with Crippen LogP contribution in [0.5, 0.6) is 0 Å². The van der Waals surface area contributed by atoms with Crippen molar-refractivity contribution < 1.29 is 4.42 Å². The Hall–Kier alpha value is -1.97. The zero-order chi connectivity index (χ0) is 11.5. The van der Waals surface area contributed by atoms with Crippen molar-refractivity contribution in [3.63, 3.8) is 0 Å². The summed E-state index contributed by atoms with van der Waals surface area (Å²) in [5, 5.41) is 0. The minimum Gasteiger partial charge on any atom is -0.467 e. The predicted molar refractivity (Wildman–Crippen MR) is 64.2 cm³/mol. The van der Waals surface area contributed by atoms with Crippen LogP contribution in [0.1, 0.15) is 11.3 Å². The molecule has 2 rings (SSSR count). The van der Waals surface area contributed by atoms with Gasteiger partial charge in [0.15, 0.2) is 0 Å². The van der Waals surface area contributed by atoms with E-state index >= 15 is 0 Å². The Morgan fingerprint density at radius 1 is 1.50 bits per heavy atom. The summed E-state index contributed by atoms with van der Waals surface area (Å²) in [6, 6.07) is 5.80. The molecule has 0 atom stereocenters. The van der Waals surface area contributed by atoms with E-state index in [2.05, 4.69) is 4.98 Å². The van der Waals surface area contributed by atoms with Crippen LogP contribution in [0.25, 0.3) is 0 Å². The van der Waals surface area contributed by atoms with Crippen LogP contribution in [-0.2, 0) is 6.54 Å². The van der Waals surface area contributed by atoms with Gasteiger partial charge >= 0.3 is 0 Å². The number of nitrogen functional groups attached to an aromatic ring is 1. The molecule has 4 heteroatoms. The number of hydrogen-bond acceptors (Lipinski definition) is 4. The third kappa shape index (κ3) is 2.16. The van der Waals surface area contributed by atoms with Crippen LogP contribution >= 0.6 is 0 Å². The summed E-state index contributed by atoms with van der Waals surface area (Å²) in [5.74, 6) is 1.81. The molecule has 0 saturated heterocycles. The van der Waals surface area contributed by atoms with E-state index in [1.54, 1.807) is 12.5 Å². The highest BCUT2D eigenvalue weighted by Gasteiger charge is 2.06. The van der Waals surface area contributed by atoms with Crippen LogP contribution in [0.4, 0.5) is 11.5 Å². The van der Waals surface area contributed by atoms with Crippen molar-refractivity contribution in [3.05, 3.63) is 42.0 Å². The van der Waals surface area contributed by atoms with Gasteiger partial charge in [-0.25, -0.2) is 4.98 Å². The van der Waals surface area contributed by atoms with E-state index in [4.69, 9.17) is 10.2 Å². The van der Waals surface area contributed by atoms with E-state index in [0.29, 0.717) is 6.54 Å². The summed E-state index contributed by atoms with van der Waals surface area (Å²) in [7, 11) is 1.97. The molecular weight excluding hydrogens is 202 g/mol. The van der Waals surface area contributed by atoms with Gasteiger partial charge in [0.1, 0.15) is 11.6 Å².